The van der Waals surface area contributed by atoms with Crippen molar-refractivity contribution in [2.24, 2.45) is 23.2 Å². The number of carbonyl (C=O) groups excluding carboxylic acids is 2. The average Bonchev–Trinajstić information content (AvgIpc) is 3.17. The van der Waals surface area contributed by atoms with Gasteiger partial charge in [0.2, 0.25) is 11.8 Å². The highest BCUT2D eigenvalue weighted by molar-refractivity contribution is 6.31. The Hall–Kier alpha value is -1.55. The van der Waals surface area contributed by atoms with E-state index in [9.17, 15) is 9.59 Å². The monoisotopic (exact) mass is 414 g/mol. The summed E-state index contributed by atoms with van der Waals surface area (Å²) in [7, 11) is 1.83. The normalized spacial score (nSPS) is 35.2. The number of rotatable bonds is 4. The fourth-order valence-electron chi connectivity index (χ4n) is 7.16. The minimum atomic E-state index is -0.303. The van der Waals surface area contributed by atoms with Crippen molar-refractivity contribution in [3.05, 3.63) is 34.9 Å². The fraction of sp³-hybridized carbons (Fsp3) is 0.667. The first-order valence-electron chi connectivity index (χ1n) is 11.2. The Bertz CT molecular complexity index is 788. The number of likely N-dealkylation sites (N-methyl/N-ethyl adjacent to an activating group) is 1. The Morgan fingerprint density at radius 2 is 1.72 bits per heavy atom. The van der Waals surface area contributed by atoms with Crippen LogP contribution >= 0.6 is 11.6 Å². The number of halogens is 1. The Kier molecular flexibility index (Phi) is 4.89. The van der Waals surface area contributed by atoms with Crippen molar-refractivity contribution in [3.63, 3.8) is 0 Å². The predicted octanol–water partition coefficient (Wildman–Crippen LogP) is 4.51. The molecular formula is C24H31ClN2O2. The first-order valence-corrected chi connectivity index (χ1v) is 11.6. The number of amides is 2. The Morgan fingerprint density at radius 1 is 1.10 bits per heavy atom. The lowest BCUT2D eigenvalue weighted by atomic mass is 9.49. The number of carbonyl (C=O) groups is 2. The minimum absolute atomic E-state index is 0.0560. The van der Waals surface area contributed by atoms with Crippen LogP contribution in [0.4, 0.5) is 0 Å². The van der Waals surface area contributed by atoms with Crippen LogP contribution in [-0.4, -0.2) is 41.2 Å². The summed E-state index contributed by atoms with van der Waals surface area (Å²) < 4.78 is 0. The van der Waals surface area contributed by atoms with E-state index >= 15 is 0 Å². The maximum atomic E-state index is 13.8. The lowest BCUT2D eigenvalue weighted by Gasteiger charge is -2.56. The van der Waals surface area contributed by atoms with Gasteiger partial charge < -0.3 is 9.80 Å². The summed E-state index contributed by atoms with van der Waals surface area (Å²) in [6, 6.07) is 7.35. The lowest BCUT2D eigenvalue weighted by molar-refractivity contribution is -0.161. The second kappa shape index (κ2) is 7.30. The number of nitrogens with zero attached hydrogens (tertiary/aromatic N) is 2. The van der Waals surface area contributed by atoms with E-state index in [1.165, 1.54) is 19.3 Å². The van der Waals surface area contributed by atoms with Crippen molar-refractivity contribution in [3.8, 4) is 0 Å². The van der Waals surface area contributed by atoms with E-state index in [1.54, 1.807) is 4.90 Å². The van der Waals surface area contributed by atoms with Crippen LogP contribution in [0.1, 0.15) is 56.9 Å². The molecule has 4 saturated carbocycles. The van der Waals surface area contributed by atoms with Crippen molar-refractivity contribution in [2.75, 3.05) is 13.6 Å². The van der Waals surface area contributed by atoms with Crippen LogP contribution in [0.5, 0.6) is 0 Å². The molecule has 1 unspecified atom stereocenters. The van der Waals surface area contributed by atoms with Crippen molar-refractivity contribution >= 4 is 23.4 Å². The van der Waals surface area contributed by atoms with E-state index in [0.29, 0.717) is 17.5 Å². The Balaban J connectivity index is 1.31. The van der Waals surface area contributed by atoms with Crippen LogP contribution in [0, 0.1) is 23.2 Å². The Labute approximate surface area is 178 Å². The average molecular weight is 415 g/mol. The number of hydrogen-bond acceptors (Lipinski definition) is 2. The molecule has 4 aliphatic carbocycles. The predicted molar refractivity (Wildman–Crippen MR) is 113 cm³/mol. The highest BCUT2D eigenvalue weighted by Gasteiger charge is 2.56. The molecular weight excluding hydrogens is 384 g/mol. The van der Waals surface area contributed by atoms with E-state index in [4.69, 9.17) is 11.6 Å². The van der Waals surface area contributed by atoms with Gasteiger partial charge in [0.15, 0.2) is 0 Å². The molecule has 5 aliphatic rings. The maximum absolute atomic E-state index is 13.8. The van der Waals surface area contributed by atoms with Gasteiger partial charge in [-0.05, 0) is 80.8 Å². The van der Waals surface area contributed by atoms with Crippen molar-refractivity contribution in [1.29, 1.82) is 0 Å². The van der Waals surface area contributed by atoms with Gasteiger partial charge in [0.1, 0.15) is 6.04 Å². The van der Waals surface area contributed by atoms with Gasteiger partial charge in [-0.1, -0.05) is 29.8 Å². The van der Waals surface area contributed by atoms with E-state index in [1.807, 2.05) is 36.2 Å². The molecule has 29 heavy (non-hydrogen) atoms. The zero-order valence-corrected chi connectivity index (χ0v) is 18.0. The van der Waals surface area contributed by atoms with Gasteiger partial charge >= 0.3 is 0 Å². The van der Waals surface area contributed by atoms with Crippen molar-refractivity contribution in [1.82, 2.24) is 9.80 Å². The van der Waals surface area contributed by atoms with Crippen LogP contribution in [0.15, 0.2) is 24.3 Å². The largest absolute Gasteiger partial charge is 0.340 e. The molecule has 1 aromatic rings. The molecule has 0 radical (unpaired) electrons. The molecule has 1 atom stereocenters. The van der Waals surface area contributed by atoms with Gasteiger partial charge in [0.05, 0.1) is 5.41 Å². The van der Waals surface area contributed by atoms with Gasteiger partial charge in [-0.15, -0.1) is 0 Å². The second-order valence-corrected chi connectivity index (χ2v) is 10.5. The molecule has 1 saturated heterocycles. The summed E-state index contributed by atoms with van der Waals surface area (Å²) >= 11 is 6.29. The summed E-state index contributed by atoms with van der Waals surface area (Å²) in [4.78, 5) is 30.8. The maximum Gasteiger partial charge on any atom is 0.245 e. The quantitative estimate of drug-likeness (QED) is 0.727. The van der Waals surface area contributed by atoms with E-state index < -0.39 is 0 Å². The number of benzene rings is 1. The van der Waals surface area contributed by atoms with Gasteiger partial charge in [0.25, 0.3) is 0 Å². The van der Waals surface area contributed by atoms with E-state index in [0.717, 1.165) is 62.0 Å². The molecule has 1 aromatic carbocycles. The van der Waals surface area contributed by atoms with Crippen molar-refractivity contribution in [2.45, 2.75) is 64.0 Å². The summed E-state index contributed by atoms with van der Waals surface area (Å²) in [5.74, 6) is 2.57. The van der Waals surface area contributed by atoms with Gasteiger partial charge in [-0.25, -0.2) is 0 Å². The van der Waals surface area contributed by atoms with E-state index in [2.05, 4.69) is 0 Å². The molecule has 156 valence electrons. The smallest absolute Gasteiger partial charge is 0.245 e. The Morgan fingerprint density at radius 3 is 2.34 bits per heavy atom. The first kappa shape index (κ1) is 19.4. The number of likely N-dealkylation sites (tertiary alicyclic amines) is 1. The summed E-state index contributed by atoms with van der Waals surface area (Å²) in [6.45, 7) is 1.21. The molecule has 2 amide bonds. The molecule has 6 rings (SSSR count). The summed E-state index contributed by atoms with van der Waals surface area (Å²) in [5.41, 5.74) is 0.779. The van der Waals surface area contributed by atoms with Crippen LogP contribution in [0.2, 0.25) is 5.02 Å². The molecule has 1 heterocycles. The standard InChI is InChI=1S/C24H31ClN2O2/c1-26(15-19-5-2-3-6-20(19)25)22(28)21-7-4-8-27(21)23(29)24-12-16-9-17(13-24)11-18(10-16)14-24/h2-3,5-6,16-18,21H,4,7-15H2,1H3. The van der Waals surface area contributed by atoms with Crippen LogP contribution < -0.4 is 0 Å². The molecule has 4 nitrogen and oxygen atoms in total. The van der Waals surface area contributed by atoms with Crippen LogP contribution in [0.25, 0.3) is 0 Å². The zero-order chi connectivity index (χ0) is 20.2. The highest BCUT2D eigenvalue weighted by atomic mass is 35.5. The molecule has 4 bridgehead atoms. The van der Waals surface area contributed by atoms with E-state index in [-0.39, 0.29) is 17.4 Å². The third-order valence-corrected chi connectivity index (χ3v) is 8.40. The summed E-state index contributed by atoms with van der Waals surface area (Å²) in [5, 5.41) is 0.681. The molecule has 5 heteroatoms. The highest BCUT2D eigenvalue weighted by Crippen LogP contribution is 2.60. The third-order valence-electron chi connectivity index (χ3n) is 8.03. The number of hydrogen-bond donors (Lipinski definition) is 0. The van der Waals surface area contributed by atoms with Crippen LogP contribution in [-0.2, 0) is 16.1 Å². The molecule has 0 spiro atoms. The molecule has 5 fully saturated rings. The summed E-state index contributed by atoms with van der Waals surface area (Å²) in [6.07, 6.45) is 8.87. The van der Waals surface area contributed by atoms with Crippen LogP contribution in [0.3, 0.4) is 0 Å². The lowest BCUT2D eigenvalue weighted by Crippen LogP contribution is -2.57. The SMILES string of the molecule is CN(Cc1ccccc1Cl)C(=O)C1CCCN1C(=O)C12CC3CC(CC(C3)C1)C2. The second-order valence-electron chi connectivity index (χ2n) is 10.1. The minimum Gasteiger partial charge on any atom is -0.340 e. The van der Waals surface area contributed by atoms with Crippen molar-refractivity contribution < 1.29 is 9.59 Å². The zero-order valence-electron chi connectivity index (χ0n) is 17.3. The molecule has 0 aromatic heterocycles. The van der Waals surface area contributed by atoms with Gasteiger partial charge in [-0.3, -0.25) is 9.59 Å². The topological polar surface area (TPSA) is 40.6 Å². The molecule has 1 aliphatic heterocycles. The third kappa shape index (κ3) is 3.37. The first-order chi connectivity index (χ1) is 13.9. The fourth-order valence-corrected chi connectivity index (χ4v) is 7.35. The van der Waals surface area contributed by atoms with Gasteiger partial charge in [-0.2, -0.15) is 0 Å². The molecule has 0 N–H and O–H groups in total. The van der Waals surface area contributed by atoms with Gasteiger partial charge in [0, 0.05) is 25.2 Å².